The summed E-state index contributed by atoms with van der Waals surface area (Å²) in [5.41, 5.74) is 6.80. The summed E-state index contributed by atoms with van der Waals surface area (Å²) in [5.74, 6) is 1.33. The lowest BCUT2D eigenvalue weighted by Crippen LogP contribution is -2.43. The Morgan fingerprint density at radius 3 is 2.70 bits per heavy atom. The van der Waals surface area contributed by atoms with Crippen LogP contribution in [0.15, 0.2) is 18.2 Å². The maximum Gasteiger partial charge on any atom is 0.245 e. The van der Waals surface area contributed by atoms with Crippen LogP contribution in [-0.4, -0.2) is 34.3 Å². The molecule has 7 heteroatoms. The van der Waals surface area contributed by atoms with Crippen LogP contribution in [0.4, 0.5) is 5.95 Å². The molecular formula is C13H15Cl2N5. The average molecular weight is 312 g/mol. The minimum Gasteiger partial charge on any atom is -0.338 e. The van der Waals surface area contributed by atoms with Gasteiger partial charge in [-0.05, 0) is 31.0 Å². The van der Waals surface area contributed by atoms with E-state index in [-0.39, 0.29) is 6.04 Å². The van der Waals surface area contributed by atoms with E-state index < -0.39 is 0 Å². The number of H-pyrrole nitrogens is 1. The first-order valence-electron chi connectivity index (χ1n) is 6.51. The lowest BCUT2D eigenvalue weighted by molar-refractivity contribution is 0.500. The molecule has 3 rings (SSSR count). The molecule has 106 valence electrons. The van der Waals surface area contributed by atoms with Gasteiger partial charge in [-0.2, -0.15) is 4.98 Å². The van der Waals surface area contributed by atoms with Crippen LogP contribution in [0.25, 0.3) is 11.4 Å². The van der Waals surface area contributed by atoms with Gasteiger partial charge in [0, 0.05) is 34.7 Å². The Bertz CT molecular complexity index is 592. The van der Waals surface area contributed by atoms with Gasteiger partial charge in [0.15, 0.2) is 5.82 Å². The number of hydrogen-bond acceptors (Lipinski definition) is 4. The van der Waals surface area contributed by atoms with E-state index in [1.807, 2.05) is 0 Å². The number of hydrogen-bond donors (Lipinski definition) is 2. The van der Waals surface area contributed by atoms with E-state index in [4.69, 9.17) is 28.9 Å². The van der Waals surface area contributed by atoms with E-state index >= 15 is 0 Å². The first-order chi connectivity index (χ1) is 9.61. The number of aromatic nitrogens is 3. The Labute approximate surface area is 127 Å². The number of nitrogens with one attached hydrogen (secondary N) is 1. The Morgan fingerprint density at radius 2 is 2.00 bits per heavy atom. The monoisotopic (exact) mass is 311 g/mol. The molecule has 2 heterocycles. The molecule has 0 aliphatic carbocycles. The number of aromatic amines is 1. The molecule has 0 radical (unpaired) electrons. The SMILES string of the molecule is NC1CCCN(c2n[nH]c(-c3cc(Cl)cc(Cl)c3)n2)C1. The smallest absolute Gasteiger partial charge is 0.245 e. The van der Waals surface area contributed by atoms with Crippen molar-refractivity contribution in [3.05, 3.63) is 28.2 Å². The minimum atomic E-state index is 0.186. The van der Waals surface area contributed by atoms with Crippen molar-refractivity contribution in [3.63, 3.8) is 0 Å². The van der Waals surface area contributed by atoms with Crippen LogP contribution in [0.2, 0.25) is 10.0 Å². The van der Waals surface area contributed by atoms with Gasteiger partial charge in [0.2, 0.25) is 5.95 Å². The summed E-state index contributed by atoms with van der Waals surface area (Å²) < 4.78 is 0. The molecule has 1 unspecified atom stereocenters. The number of nitrogens with zero attached hydrogens (tertiary/aromatic N) is 3. The van der Waals surface area contributed by atoms with Crippen LogP contribution in [0, 0.1) is 0 Å². The Kier molecular flexibility index (Phi) is 3.83. The summed E-state index contributed by atoms with van der Waals surface area (Å²) in [6.45, 7) is 1.72. The van der Waals surface area contributed by atoms with Crippen molar-refractivity contribution in [2.75, 3.05) is 18.0 Å². The second-order valence-corrected chi connectivity index (χ2v) is 5.86. The lowest BCUT2D eigenvalue weighted by atomic mass is 10.1. The summed E-state index contributed by atoms with van der Waals surface area (Å²) in [6.07, 6.45) is 2.12. The molecule has 1 aliphatic rings. The predicted octanol–water partition coefficient (Wildman–Crippen LogP) is 2.71. The summed E-state index contributed by atoms with van der Waals surface area (Å²) in [6, 6.07) is 5.48. The Hall–Kier alpha value is -1.30. The van der Waals surface area contributed by atoms with E-state index in [9.17, 15) is 0 Å². The van der Waals surface area contributed by atoms with Gasteiger partial charge in [-0.1, -0.05) is 23.2 Å². The summed E-state index contributed by atoms with van der Waals surface area (Å²) >= 11 is 12.0. The molecule has 0 saturated carbocycles. The zero-order valence-corrected chi connectivity index (χ0v) is 12.3. The quantitative estimate of drug-likeness (QED) is 0.894. The maximum atomic E-state index is 6.00. The highest BCUT2D eigenvalue weighted by Crippen LogP contribution is 2.26. The van der Waals surface area contributed by atoms with Gasteiger partial charge in [0.25, 0.3) is 0 Å². The molecule has 1 saturated heterocycles. The van der Waals surface area contributed by atoms with Gasteiger partial charge < -0.3 is 10.6 Å². The highest BCUT2D eigenvalue weighted by Gasteiger charge is 2.20. The van der Waals surface area contributed by atoms with Gasteiger partial charge in [-0.3, -0.25) is 5.10 Å². The van der Waals surface area contributed by atoms with Crippen molar-refractivity contribution >= 4 is 29.2 Å². The van der Waals surface area contributed by atoms with Crippen molar-refractivity contribution in [2.24, 2.45) is 5.73 Å². The molecule has 0 bridgehead atoms. The van der Waals surface area contributed by atoms with Crippen LogP contribution in [0.3, 0.4) is 0 Å². The Morgan fingerprint density at radius 1 is 1.25 bits per heavy atom. The molecule has 2 aromatic rings. The van der Waals surface area contributed by atoms with Crippen LogP contribution in [0.1, 0.15) is 12.8 Å². The zero-order chi connectivity index (χ0) is 14.1. The zero-order valence-electron chi connectivity index (χ0n) is 10.8. The van der Waals surface area contributed by atoms with Gasteiger partial charge in [0.1, 0.15) is 0 Å². The van der Waals surface area contributed by atoms with Crippen molar-refractivity contribution < 1.29 is 0 Å². The fraction of sp³-hybridized carbons (Fsp3) is 0.385. The van der Waals surface area contributed by atoms with Crippen molar-refractivity contribution in [3.8, 4) is 11.4 Å². The standard InChI is InChI=1S/C13H15Cl2N5/c14-9-4-8(5-10(15)6-9)12-17-13(19-18-12)20-3-1-2-11(16)7-20/h4-6,11H,1-3,7,16H2,(H,17,18,19). The number of anilines is 1. The predicted molar refractivity (Wildman–Crippen MR) is 81.3 cm³/mol. The van der Waals surface area contributed by atoms with Crippen LogP contribution in [0.5, 0.6) is 0 Å². The van der Waals surface area contributed by atoms with Crippen molar-refractivity contribution in [2.45, 2.75) is 18.9 Å². The maximum absolute atomic E-state index is 6.00. The molecule has 3 N–H and O–H groups in total. The minimum absolute atomic E-state index is 0.186. The highest BCUT2D eigenvalue weighted by atomic mass is 35.5. The summed E-state index contributed by atoms with van der Waals surface area (Å²) in [4.78, 5) is 6.60. The number of rotatable bonds is 2. The number of benzene rings is 1. The normalized spacial score (nSPS) is 19.4. The van der Waals surface area contributed by atoms with Gasteiger partial charge >= 0.3 is 0 Å². The molecule has 20 heavy (non-hydrogen) atoms. The molecule has 0 amide bonds. The van der Waals surface area contributed by atoms with Crippen LogP contribution >= 0.6 is 23.2 Å². The molecule has 1 aromatic heterocycles. The topological polar surface area (TPSA) is 70.8 Å². The largest absolute Gasteiger partial charge is 0.338 e. The fourth-order valence-corrected chi connectivity index (χ4v) is 2.93. The molecule has 1 aromatic carbocycles. The van der Waals surface area contributed by atoms with Gasteiger partial charge in [-0.15, -0.1) is 5.10 Å². The molecular weight excluding hydrogens is 297 g/mol. The highest BCUT2D eigenvalue weighted by molar-refractivity contribution is 6.35. The van der Waals surface area contributed by atoms with E-state index in [0.29, 0.717) is 21.8 Å². The molecule has 1 fully saturated rings. The summed E-state index contributed by atoms with van der Waals surface area (Å²) in [7, 11) is 0. The second kappa shape index (κ2) is 5.60. The van der Waals surface area contributed by atoms with Crippen molar-refractivity contribution in [1.82, 2.24) is 15.2 Å². The fourth-order valence-electron chi connectivity index (χ4n) is 2.41. The lowest BCUT2D eigenvalue weighted by Gasteiger charge is -2.29. The van der Waals surface area contributed by atoms with Gasteiger partial charge in [0.05, 0.1) is 0 Å². The first kappa shape index (κ1) is 13.7. The summed E-state index contributed by atoms with van der Waals surface area (Å²) in [5, 5.41) is 8.33. The number of halogens is 2. The number of nitrogens with two attached hydrogens (primary N) is 1. The Balaban J connectivity index is 1.86. The van der Waals surface area contributed by atoms with E-state index in [2.05, 4.69) is 20.1 Å². The van der Waals surface area contributed by atoms with Crippen LogP contribution < -0.4 is 10.6 Å². The van der Waals surface area contributed by atoms with E-state index in [1.54, 1.807) is 18.2 Å². The van der Waals surface area contributed by atoms with Crippen LogP contribution in [-0.2, 0) is 0 Å². The molecule has 1 aliphatic heterocycles. The third-order valence-corrected chi connectivity index (χ3v) is 3.79. The average Bonchev–Trinajstić information content (AvgIpc) is 2.87. The van der Waals surface area contributed by atoms with Crippen molar-refractivity contribution in [1.29, 1.82) is 0 Å². The van der Waals surface area contributed by atoms with E-state index in [0.717, 1.165) is 31.5 Å². The molecule has 0 spiro atoms. The van der Waals surface area contributed by atoms with E-state index in [1.165, 1.54) is 0 Å². The third kappa shape index (κ3) is 2.90. The molecule has 1 atom stereocenters. The second-order valence-electron chi connectivity index (χ2n) is 4.99. The first-order valence-corrected chi connectivity index (χ1v) is 7.27. The third-order valence-electron chi connectivity index (χ3n) is 3.35. The molecule has 5 nitrogen and oxygen atoms in total. The van der Waals surface area contributed by atoms with Gasteiger partial charge in [-0.25, -0.2) is 0 Å². The number of piperidine rings is 1.